The first-order valence-corrected chi connectivity index (χ1v) is 8.50. The van der Waals surface area contributed by atoms with E-state index in [-0.39, 0.29) is 24.2 Å². The summed E-state index contributed by atoms with van der Waals surface area (Å²) in [5.74, 6) is -0.528. The van der Waals surface area contributed by atoms with Gasteiger partial charge in [0, 0.05) is 13.1 Å². The van der Waals surface area contributed by atoms with Gasteiger partial charge in [-0.25, -0.2) is 4.39 Å². The van der Waals surface area contributed by atoms with Crippen molar-refractivity contribution in [1.29, 1.82) is 0 Å². The molecule has 1 atom stereocenters. The summed E-state index contributed by atoms with van der Waals surface area (Å²) in [7, 11) is 0. The number of amides is 2. The Morgan fingerprint density at radius 2 is 1.77 bits per heavy atom. The van der Waals surface area contributed by atoms with E-state index in [0.29, 0.717) is 18.8 Å². The molecule has 0 heterocycles. The molecule has 0 spiro atoms. The average molecular weight is 358 g/mol. The van der Waals surface area contributed by atoms with Gasteiger partial charge in [-0.1, -0.05) is 30.3 Å². The number of nitrogens with zero attached hydrogens (tertiary/aromatic N) is 1. The van der Waals surface area contributed by atoms with Gasteiger partial charge in [-0.2, -0.15) is 0 Å². The zero-order valence-corrected chi connectivity index (χ0v) is 14.9. The lowest BCUT2D eigenvalue weighted by molar-refractivity contribution is -0.142. The normalized spacial score (nSPS) is 11.5. The number of nitrogens with one attached hydrogen (secondary N) is 1. The van der Waals surface area contributed by atoms with E-state index in [9.17, 15) is 14.0 Å². The molecule has 0 aliphatic heterocycles. The molecule has 0 saturated carbocycles. The van der Waals surface area contributed by atoms with Crippen molar-refractivity contribution in [3.05, 3.63) is 66.0 Å². The van der Waals surface area contributed by atoms with E-state index in [1.165, 1.54) is 29.2 Å². The molecule has 0 saturated heterocycles. The van der Waals surface area contributed by atoms with Gasteiger partial charge in [-0.15, -0.1) is 0 Å². The maximum atomic E-state index is 12.9. The number of benzene rings is 2. The summed E-state index contributed by atoms with van der Waals surface area (Å²) in [4.78, 5) is 26.4. The van der Waals surface area contributed by atoms with Gasteiger partial charge in [-0.3, -0.25) is 9.59 Å². The van der Waals surface area contributed by atoms with Crippen LogP contribution in [0, 0.1) is 5.82 Å². The second-order valence-corrected chi connectivity index (χ2v) is 5.82. The van der Waals surface area contributed by atoms with Gasteiger partial charge in [0.05, 0.1) is 0 Å². The smallest absolute Gasteiger partial charge is 0.261 e. The van der Waals surface area contributed by atoms with Crippen LogP contribution in [0.1, 0.15) is 19.4 Å². The highest BCUT2D eigenvalue weighted by atomic mass is 19.1. The van der Waals surface area contributed by atoms with Crippen LogP contribution in [0.5, 0.6) is 5.75 Å². The predicted molar refractivity (Wildman–Crippen MR) is 97.0 cm³/mol. The molecule has 0 aromatic heterocycles. The number of halogens is 1. The number of carbonyl (C=O) groups excluding carboxylic acids is 2. The Balaban J connectivity index is 2.09. The molecule has 2 aromatic rings. The van der Waals surface area contributed by atoms with Crippen molar-refractivity contribution in [1.82, 2.24) is 10.2 Å². The largest absolute Gasteiger partial charge is 0.484 e. The van der Waals surface area contributed by atoms with Crippen molar-refractivity contribution in [2.45, 2.75) is 26.4 Å². The molecular weight excluding hydrogens is 335 g/mol. The summed E-state index contributed by atoms with van der Waals surface area (Å²) in [6.45, 7) is 4.06. The first-order chi connectivity index (χ1) is 12.5. The molecular formula is C20H23FN2O3. The van der Waals surface area contributed by atoms with E-state index in [1.54, 1.807) is 6.92 Å². The summed E-state index contributed by atoms with van der Waals surface area (Å²) in [5, 5.41) is 2.73. The Morgan fingerprint density at radius 1 is 1.12 bits per heavy atom. The summed E-state index contributed by atoms with van der Waals surface area (Å²) >= 11 is 0. The number of rotatable bonds is 8. The summed E-state index contributed by atoms with van der Waals surface area (Å²) in [6, 6.07) is 14.2. The molecule has 5 nitrogen and oxygen atoms in total. The molecule has 0 fully saturated rings. The number of likely N-dealkylation sites (N-methyl/N-ethyl adjacent to an activating group) is 1. The van der Waals surface area contributed by atoms with E-state index in [1.807, 2.05) is 37.3 Å². The molecule has 26 heavy (non-hydrogen) atoms. The zero-order valence-electron chi connectivity index (χ0n) is 14.9. The number of hydrogen-bond acceptors (Lipinski definition) is 3. The van der Waals surface area contributed by atoms with Gasteiger partial charge < -0.3 is 15.0 Å². The Morgan fingerprint density at radius 3 is 2.38 bits per heavy atom. The van der Waals surface area contributed by atoms with Crippen molar-refractivity contribution >= 4 is 11.8 Å². The fourth-order valence-corrected chi connectivity index (χ4v) is 2.44. The van der Waals surface area contributed by atoms with Crippen LogP contribution in [0.3, 0.4) is 0 Å². The van der Waals surface area contributed by atoms with Gasteiger partial charge in [0.2, 0.25) is 5.91 Å². The minimum atomic E-state index is -0.639. The highest BCUT2D eigenvalue weighted by molar-refractivity contribution is 5.87. The predicted octanol–water partition coefficient (Wildman–Crippen LogP) is 2.76. The molecule has 0 radical (unpaired) electrons. The molecule has 0 bridgehead atoms. The Bertz CT molecular complexity index is 720. The number of ether oxygens (including phenoxy) is 1. The highest BCUT2D eigenvalue weighted by Gasteiger charge is 2.26. The second kappa shape index (κ2) is 9.56. The minimum Gasteiger partial charge on any atom is -0.484 e. The van der Waals surface area contributed by atoms with Crippen LogP contribution in [-0.4, -0.2) is 35.9 Å². The fourth-order valence-electron chi connectivity index (χ4n) is 2.44. The van der Waals surface area contributed by atoms with Crippen LogP contribution < -0.4 is 10.1 Å². The number of hydrogen-bond donors (Lipinski definition) is 1. The highest BCUT2D eigenvalue weighted by Crippen LogP contribution is 2.13. The Labute approximate surface area is 152 Å². The zero-order chi connectivity index (χ0) is 18.9. The standard InChI is InChI=1S/C20H23FN2O3/c1-3-22-20(25)15(2)23(13-16-7-5-4-6-8-16)19(24)14-26-18-11-9-17(21)10-12-18/h4-12,15H,3,13-14H2,1-2H3,(H,22,25)/t15-/m1/s1. The maximum Gasteiger partial charge on any atom is 0.261 e. The molecule has 2 rings (SSSR count). The third kappa shape index (κ3) is 5.58. The van der Waals surface area contributed by atoms with Gasteiger partial charge in [0.25, 0.3) is 5.91 Å². The van der Waals surface area contributed by atoms with Crippen LogP contribution in [0.2, 0.25) is 0 Å². The monoisotopic (exact) mass is 358 g/mol. The molecule has 0 unspecified atom stereocenters. The fraction of sp³-hybridized carbons (Fsp3) is 0.300. The lowest BCUT2D eigenvalue weighted by Crippen LogP contribution is -2.49. The van der Waals surface area contributed by atoms with E-state index in [2.05, 4.69) is 5.32 Å². The molecule has 0 aliphatic rings. The van der Waals surface area contributed by atoms with Gasteiger partial charge in [0.1, 0.15) is 17.6 Å². The average Bonchev–Trinajstić information content (AvgIpc) is 2.66. The molecule has 1 N–H and O–H groups in total. The topological polar surface area (TPSA) is 58.6 Å². The van der Waals surface area contributed by atoms with Crippen molar-refractivity contribution in [3.8, 4) is 5.75 Å². The van der Waals surface area contributed by atoms with Crippen LogP contribution in [-0.2, 0) is 16.1 Å². The van der Waals surface area contributed by atoms with E-state index in [4.69, 9.17) is 4.74 Å². The van der Waals surface area contributed by atoms with Gasteiger partial charge in [-0.05, 0) is 43.7 Å². The van der Waals surface area contributed by atoms with Crippen molar-refractivity contribution in [2.75, 3.05) is 13.2 Å². The summed E-state index contributed by atoms with van der Waals surface area (Å²) < 4.78 is 18.4. The van der Waals surface area contributed by atoms with E-state index in [0.717, 1.165) is 5.56 Å². The molecule has 0 aliphatic carbocycles. The van der Waals surface area contributed by atoms with Gasteiger partial charge in [0.15, 0.2) is 6.61 Å². The second-order valence-electron chi connectivity index (χ2n) is 5.82. The SMILES string of the molecule is CCNC(=O)[C@@H](C)N(Cc1ccccc1)C(=O)COc1ccc(F)cc1. The van der Waals surface area contributed by atoms with Crippen molar-refractivity contribution in [2.24, 2.45) is 0 Å². The Hall–Kier alpha value is -2.89. The third-order valence-electron chi connectivity index (χ3n) is 3.89. The molecule has 138 valence electrons. The first kappa shape index (κ1) is 19.4. The molecule has 6 heteroatoms. The maximum absolute atomic E-state index is 12.9. The van der Waals surface area contributed by atoms with E-state index >= 15 is 0 Å². The molecule has 2 amide bonds. The van der Waals surface area contributed by atoms with Crippen LogP contribution in [0.25, 0.3) is 0 Å². The first-order valence-electron chi connectivity index (χ1n) is 8.50. The minimum absolute atomic E-state index is 0.224. The van der Waals surface area contributed by atoms with Crippen LogP contribution >= 0.6 is 0 Å². The number of carbonyl (C=O) groups is 2. The third-order valence-corrected chi connectivity index (χ3v) is 3.89. The lowest BCUT2D eigenvalue weighted by Gasteiger charge is -2.28. The molecule has 2 aromatic carbocycles. The van der Waals surface area contributed by atoms with Crippen molar-refractivity contribution in [3.63, 3.8) is 0 Å². The lowest BCUT2D eigenvalue weighted by atomic mass is 10.1. The van der Waals surface area contributed by atoms with Crippen molar-refractivity contribution < 1.29 is 18.7 Å². The summed E-state index contributed by atoms with van der Waals surface area (Å²) in [5.41, 5.74) is 0.916. The Kier molecular flexibility index (Phi) is 7.14. The van der Waals surface area contributed by atoms with Crippen LogP contribution in [0.4, 0.5) is 4.39 Å². The van der Waals surface area contributed by atoms with E-state index < -0.39 is 6.04 Å². The quantitative estimate of drug-likeness (QED) is 0.789. The summed E-state index contributed by atoms with van der Waals surface area (Å²) in [6.07, 6.45) is 0. The van der Waals surface area contributed by atoms with Crippen LogP contribution in [0.15, 0.2) is 54.6 Å². The van der Waals surface area contributed by atoms with Gasteiger partial charge >= 0.3 is 0 Å².